The van der Waals surface area contributed by atoms with Crippen molar-refractivity contribution in [3.05, 3.63) is 95.1 Å². The quantitative estimate of drug-likeness (QED) is 0.624. The van der Waals surface area contributed by atoms with Crippen LogP contribution in [0.15, 0.2) is 84.0 Å². The molecule has 1 aliphatic rings. The monoisotopic (exact) mass is 302 g/mol. The Morgan fingerprint density at radius 1 is 0.696 bits per heavy atom. The highest BCUT2D eigenvalue weighted by molar-refractivity contribution is 5.53. The summed E-state index contributed by atoms with van der Waals surface area (Å²) in [5, 5.41) is 0. The number of hydrogen-bond acceptors (Lipinski definition) is 0. The van der Waals surface area contributed by atoms with Crippen molar-refractivity contribution in [1.29, 1.82) is 0 Å². The molecule has 0 aliphatic heterocycles. The number of rotatable bonds is 3. The van der Waals surface area contributed by atoms with E-state index >= 15 is 0 Å². The van der Waals surface area contributed by atoms with E-state index in [1.54, 1.807) is 0 Å². The summed E-state index contributed by atoms with van der Waals surface area (Å²) >= 11 is 0. The molecule has 0 radical (unpaired) electrons. The Morgan fingerprint density at radius 2 is 1.17 bits per heavy atom. The van der Waals surface area contributed by atoms with Gasteiger partial charge in [-0.3, -0.25) is 0 Å². The van der Waals surface area contributed by atoms with Crippen molar-refractivity contribution in [2.45, 2.75) is 39.5 Å². The lowest BCUT2D eigenvalue weighted by Gasteiger charge is -2.33. The van der Waals surface area contributed by atoms with Crippen LogP contribution in [0.5, 0.6) is 0 Å². The molecule has 0 fully saturated rings. The average Bonchev–Trinajstić information content (AvgIpc) is 3.06. The van der Waals surface area contributed by atoms with E-state index in [4.69, 9.17) is 0 Å². The molecule has 0 nitrogen and oxygen atoms in total. The van der Waals surface area contributed by atoms with Gasteiger partial charge in [0.05, 0.1) is 0 Å². The van der Waals surface area contributed by atoms with Crippen LogP contribution in [-0.2, 0) is 5.41 Å². The molecule has 3 rings (SSSR count). The van der Waals surface area contributed by atoms with Crippen LogP contribution in [0.4, 0.5) is 0 Å². The number of allylic oxidation sites excluding steroid dienone is 4. The zero-order valence-corrected chi connectivity index (χ0v) is 14.6. The molecule has 23 heavy (non-hydrogen) atoms. The van der Waals surface area contributed by atoms with Crippen molar-refractivity contribution in [2.24, 2.45) is 5.41 Å². The van der Waals surface area contributed by atoms with Gasteiger partial charge in [-0.25, -0.2) is 0 Å². The van der Waals surface area contributed by atoms with Gasteiger partial charge in [-0.1, -0.05) is 99.2 Å². The minimum Gasteiger partial charge on any atom is -0.0767 e. The highest BCUT2D eigenvalue weighted by Crippen LogP contribution is 2.45. The van der Waals surface area contributed by atoms with Crippen molar-refractivity contribution < 1.29 is 0 Å². The minimum atomic E-state index is -0.0774. The van der Waals surface area contributed by atoms with E-state index in [2.05, 4.69) is 101 Å². The molecule has 0 aromatic heterocycles. The van der Waals surface area contributed by atoms with Gasteiger partial charge in [-0.2, -0.15) is 0 Å². The third kappa shape index (κ3) is 2.91. The SMILES string of the molecule is CC(C)(C)C1=CCC(C(C)(c2ccccc2)c2ccccc2)=C1. The zero-order chi connectivity index (χ0) is 16.5. The highest BCUT2D eigenvalue weighted by atomic mass is 14.4. The van der Waals surface area contributed by atoms with Crippen LogP contribution in [0, 0.1) is 5.41 Å². The molecule has 0 heteroatoms. The van der Waals surface area contributed by atoms with Gasteiger partial charge in [0, 0.05) is 5.41 Å². The normalized spacial score (nSPS) is 15.3. The summed E-state index contributed by atoms with van der Waals surface area (Å²) in [6, 6.07) is 21.8. The average molecular weight is 302 g/mol. The Hall–Kier alpha value is -2.08. The summed E-state index contributed by atoms with van der Waals surface area (Å²) in [7, 11) is 0. The molecule has 1 aliphatic carbocycles. The van der Waals surface area contributed by atoms with Gasteiger partial charge >= 0.3 is 0 Å². The summed E-state index contributed by atoms with van der Waals surface area (Å²) in [6.45, 7) is 9.24. The molecular weight excluding hydrogens is 276 g/mol. The van der Waals surface area contributed by atoms with E-state index in [0.717, 1.165) is 6.42 Å². The maximum absolute atomic E-state index is 2.43. The van der Waals surface area contributed by atoms with Gasteiger partial charge in [0.1, 0.15) is 0 Å². The molecular formula is C23H26. The minimum absolute atomic E-state index is 0.0774. The van der Waals surface area contributed by atoms with Crippen LogP contribution in [-0.4, -0.2) is 0 Å². The molecule has 0 saturated heterocycles. The summed E-state index contributed by atoms with van der Waals surface area (Å²) < 4.78 is 0. The second-order valence-corrected chi connectivity index (χ2v) is 7.64. The smallest absolute Gasteiger partial charge is 0.0389 e. The van der Waals surface area contributed by atoms with Gasteiger partial charge in [0.25, 0.3) is 0 Å². The van der Waals surface area contributed by atoms with Crippen molar-refractivity contribution >= 4 is 0 Å². The first-order valence-electron chi connectivity index (χ1n) is 8.45. The van der Waals surface area contributed by atoms with Gasteiger partial charge in [-0.15, -0.1) is 0 Å². The summed E-state index contributed by atoms with van der Waals surface area (Å²) in [6.07, 6.45) is 5.87. The van der Waals surface area contributed by atoms with Crippen LogP contribution in [0.1, 0.15) is 45.2 Å². The first-order chi connectivity index (χ1) is 10.9. The first-order valence-corrected chi connectivity index (χ1v) is 8.45. The summed E-state index contributed by atoms with van der Waals surface area (Å²) in [5.74, 6) is 0. The molecule has 2 aromatic rings. The van der Waals surface area contributed by atoms with Gasteiger partial charge in [0.2, 0.25) is 0 Å². The van der Waals surface area contributed by atoms with Crippen LogP contribution in [0.2, 0.25) is 0 Å². The largest absolute Gasteiger partial charge is 0.0767 e. The van der Waals surface area contributed by atoms with Crippen molar-refractivity contribution in [3.8, 4) is 0 Å². The molecule has 0 saturated carbocycles. The van der Waals surface area contributed by atoms with E-state index in [9.17, 15) is 0 Å². The fourth-order valence-electron chi connectivity index (χ4n) is 3.48. The molecule has 0 N–H and O–H groups in total. The van der Waals surface area contributed by atoms with E-state index < -0.39 is 0 Å². The van der Waals surface area contributed by atoms with E-state index in [-0.39, 0.29) is 10.8 Å². The summed E-state index contributed by atoms with van der Waals surface area (Å²) in [5.41, 5.74) is 5.79. The van der Waals surface area contributed by atoms with Crippen molar-refractivity contribution in [1.82, 2.24) is 0 Å². The molecule has 2 aromatic carbocycles. The lowest BCUT2D eigenvalue weighted by atomic mass is 9.70. The van der Waals surface area contributed by atoms with E-state index in [1.165, 1.54) is 22.3 Å². The number of benzene rings is 2. The highest BCUT2D eigenvalue weighted by Gasteiger charge is 2.35. The molecule has 0 spiro atoms. The van der Waals surface area contributed by atoms with Crippen molar-refractivity contribution in [2.75, 3.05) is 0 Å². The van der Waals surface area contributed by atoms with Gasteiger partial charge in [0.15, 0.2) is 0 Å². The Balaban J connectivity index is 2.12. The Labute approximate surface area is 140 Å². The molecule has 0 bridgehead atoms. The van der Waals surface area contributed by atoms with Crippen LogP contribution in [0.25, 0.3) is 0 Å². The van der Waals surface area contributed by atoms with E-state index in [1.807, 2.05) is 0 Å². The van der Waals surface area contributed by atoms with Crippen molar-refractivity contribution in [3.63, 3.8) is 0 Å². The van der Waals surface area contributed by atoms with Crippen LogP contribution >= 0.6 is 0 Å². The molecule has 118 valence electrons. The first kappa shape index (κ1) is 15.8. The lowest BCUT2D eigenvalue weighted by Crippen LogP contribution is -2.26. The van der Waals surface area contributed by atoms with Gasteiger partial charge in [-0.05, 0) is 35.5 Å². The lowest BCUT2D eigenvalue weighted by molar-refractivity contribution is 0.517. The topological polar surface area (TPSA) is 0 Å². The standard InChI is InChI=1S/C23H26/c1-22(2,3)20-15-16-21(17-20)23(4,18-11-7-5-8-12-18)19-13-9-6-10-14-19/h5-15,17H,16H2,1-4H3. The van der Waals surface area contributed by atoms with Gasteiger partial charge < -0.3 is 0 Å². The fraction of sp³-hybridized carbons (Fsp3) is 0.304. The molecule has 0 heterocycles. The summed E-state index contributed by atoms with van der Waals surface area (Å²) in [4.78, 5) is 0. The van der Waals surface area contributed by atoms with E-state index in [0.29, 0.717) is 0 Å². The Bertz CT molecular complexity index is 685. The Morgan fingerprint density at radius 3 is 1.57 bits per heavy atom. The fourth-order valence-corrected chi connectivity index (χ4v) is 3.48. The van der Waals surface area contributed by atoms with Crippen LogP contribution in [0.3, 0.4) is 0 Å². The third-order valence-electron chi connectivity index (χ3n) is 5.08. The Kier molecular flexibility index (Phi) is 4.02. The molecule has 0 amide bonds. The maximum atomic E-state index is 2.43. The predicted octanol–water partition coefficient (Wildman–Crippen LogP) is 6.30. The number of hydrogen-bond donors (Lipinski definition) is 0. The molecule has 0 atom stereocenters. The third-order valence-corrected chi connectivity index (χ3v) is 5.08. The van der Waals surface area contributed by atoms with Crippen LogP contribution < -0.4 is 0 Å². The second-order valence-electron chi connectivity index (χ2n) is 7.64. The maximum Gasteiger partial charge on any atom is 0.0389 e. The second kappa shape index (κ2) is 5.85. The molecule has 0 unspecified atom stereocenters. The zero-order valence-electron chi connectivity index (χ0n) is 14.6. The predicted molar refractivity (Wildman–Crippen MR) is 99.6 cm³/mol.